The highest BCUT2D eigenvalue weighted by Gasteiger charge is 2.34. The standard InChI is InChI=1S/C46H42O3P2/c1-45(2,3)33-21-23-41-39(29-33)37-15-9-11-17-43(37)50(48-41)27-25-31-19-20-32(36-14-8-7-13-35(31)36)26-28-51(47)44-18-12-10-16-38(44)40-30-34(46(4,5)6)22-24-42(40)49-51/h7-30H,1-6H3/b27-25+,28-26+. The van der Waals surface area contributed by atoms with Gasteiger partial charge in [0.1, 0.15) is 19.6 Å². The topological polar surface area (TPSA) is 35.5 Å². The smallest absolute Gasteiger partial charge is 0.300 e. The van der Waals surface area contributed by atoms with Crippen molar-refractivity contribution in [1.29, 1.82) is 0 Å². The molecule has 254 valence electrons. The second-order valence-corrected chi connectivity index (χ2v) is 19.3. The van der Waals surface area contributed by atoms with Crippen molar-refractivity contribution in [3.8, 4) is 33.8 Å². The molecule has 2 unspecified atom stereocenters. The molecule has 2 heterocycles. The van der Waals surface area contributed by atoms with E-state index in [0.717, 1.165) is 49.6 Å². The molecule has 0 amide bonds. The minimum atomic E-state index is -3.36. The third-order valence-corrected chi connectivity index (χ3v) is 13.7. The molecular formula is C46H42O3P2. The van der Waals surface area contributed by atoms with Crippen LogP contribution in [-0.2, 0) is 15.4 Å². The maximum Gasteiger partial charge on any atom is 0.300 e. The molecule has 3 nitrogen and oxygen atoms in total. The van der Waals surface area contributed by atoms with Gasteiger partial charge in [-0.3, -0.25) is 4.57 Å². The van der Waals surface area contributed by atoms with Crippen LogP contribution in [0.1, 0.15) is 63.8 Å². The van der Waals surface area contributed by atoms with Gasteiger partial charge in [-0.2, -0.15) is 0 Å². The highest BCUT2D eigenvalue weighted by molar-refractivity contribution is 7.71. The van der Waals surface area contributed by atoms with E-state index in [2.05, 4.69) is 150 Å². The van der Waals surface area contributed by atoms with Gasteiger partial charge in [0.15, 0.2) is 0 Å². The van der Waals surface area contributed by atoms with Crippen LogP contribution in [0.2, 0.25) is 0 Å². The van der Waals surface area contributed by atoms with Crippen LogP contribution in [0.5, 0.6) is 11.5 Å². The molecule has 6 aromatic rings. The van der Waals surface area contributed by atoms with Gasteiger partial charge in [0.25, 0.3) is 7.37 Å². The van der Waals surface area contributed by atoms with Crippen molar-refractivity contribution in [3.05, 3.63) is 155 Å². The van der Waals surface area contributed by atoms with Crippen molar-refractivity contribution < 1.29 is 13.6 Å². The van der Waals surface area contributed by atoms with Gasteiger partial charge in [-0.1, -0.05) is 139 Å². The number of hydrogen-bond donors (Lipinski definition) is 0. The van der Waals surface area contributed by atoms with Crippen LogP contribution < -0.4 is 19.7 Å². The van der Waals surface area contributed by atoms with Crippen LogP contribution in [0.15, 0.2) is 133 Å². The summed E-state index contributed by atoms with van der Waals surface area (Å²) in [5.74, 6) is 5.59. The van der Waals surface area contributed by atoms with Crippen LogP contribution in [0.4, 0.5) is 0 Å². The van der Waals surface area contributed by atoms with Gasteiger partial charge in [-0.05, 0) is 97.2 Å². The van der Waals surface area contributed by atoms with Crippen LogP contribution in [0, 0.1) is 0 Å². The Hall–Kier alpha value is -4.68. The molecule has 2 atom stereocenters. The summed E-state index contributed by atoms with van der Waals surface area (Å²) >= 11 is 0. The molecule has 0 N–H and O–H groups in total. The van der Waals surface area contributed by atoms with E-state index in [0.29, 0.717) is 5.75 Å². The van der Waals surface area contributed by atoms with Gasteiger partial charge >= 0.3 is 0 Å². The van der Waals surface area contributed by atoms with E-state index < -0.39 is 15.5 Å². The summed E-state index contributed by atoms with van der Waals surface area (Å²) in [6.45, 7) is 13.3. The predicted molar refractivity (Wildman–Crippen MR) is 218 cm³/mol. The first kappa shape index (κ1) is 33.5. The molecule has 0 fully saturated rings. The molecular weight excluding hydrogens is 662 g/mol. The molecule has 0 aliphatic carbocycles. The Morgan fingerprint density at radius 1 is 0.569 bits per heavy atom. The SMILES string of the molecule is CC(C)(C)c1ccc2c(c1)-c1ccccc1P(/C=C/c1ccc(/C=C/P3(=O)Oc4ccc(C(C)(C)C)cc4-c4ccccc43)c3ccccc13)O2. The Balaban J connectivity index is 1.12. The quantitative estimate of drug-likeness (QED) is 0.171. The maximum absolute atomic E-state index is 14.7. The maximum atomic E-state index is 14.7. The first-order chi connectivity index (χ1) is 24.4. The summed E-state index contributed by atoms with van der Waals surface area (Å²) in [5, 5.41) is 4.16. The molecule has 6 aromatic carbocycles. The van der Waals surface area contributed by atoms with E-state index in [1.54, 1.807) is 5.82 Å². The third kappa shape index (κ3) is 6.18. The fourth-order valence-electron chi connectivity index (χ4n) is 6.97. The lowest BCUT2D eigenvalue weighted by molar-refractivity contribution is 0.500. The zero-order chi connectivity index (χ0) is 35.5. The van der Waals surface area contributed by atoms with Gasteiger partial charge < -0.3 is 9.05 Å². The minimum Gasteiger partial charge on any atom is -0.464 e. The summed E-state index contributed by atoms with van der Waals surface area (Å²) in [6, 6.07) is 42.1. The molecule has 0 aromatic heterocycles. The molecule has 2 aliphatic heterocycles. The first-order valence-corrected chi connectivity index (χ1v) is 20.6. The summed E-state index contributed by atoms with van der Waals surface area (Å²) in [6.07, 6.45) is 4.16. The fraction of sp³-hybridized carbons (Fsp3) is 0.174. The van der Waals surface area contributed by atoms with Gasteiger partial charge in [0.05, 0.1) is 5.30 Å². The lowest BCUT2D eigenvalue weighted by atomic mass is 9.85. The van der Waals surface area contributed by atoms with Gasteiger partial charge in [0.2, 0.25) is 0 Å². The van der Waals surface area contributed by atoms with Gasteiger partial charge in [0, 0.05) is 22.2 Å². The van der Waals surface area contributed by atoms with E-state index in [4.69, 9.17) is 9.05 Å². The third-order valence-electron chi connectivity index (χ3n) is 9.91. The second kappa shape index (κ2) is 12.5. The summed E-state index contributed by atoms with van der Waals surface area (Å²) in [5.41, 5.74) is 9.01. The van der Waals surface area contributed by atoms with Crippen molar-refractivity contribution in [2.24, 2.45) is 0 Å². The Morgan fingerprint density at radius 3 is 1.78 bits per heavy atom. The summed E-state index contributed by atoms with van der Waals surface area (Å²) < 4.78 is 27.8. The van der Waals surface area contributed by atoms with Crippen molar-refractivity contribution in [1.82, 2.24) is 0 Å². The van der Waals surface area contributed by atoms with Crippen molar-refractivity contribution >= 4 is 49.1 Å². The lowest BCUT2D eigenvalue weighted by Crippen LogP contribution is -2.18. The summed E-state index contributed by atoms with van der Waals surface area (Å²) in [7, 11) is -4.38. The normalized spacial score (nSPS) is 18.1. The van der Waals surface area contributed by atoms with Crippen LogP contribution in [0.3, 0.4) is 0 Å². The highest BCUT2D eigenvalue weighted by atomic mass is 31.2. The van der Waals surface area contributed by atoms with Crippen LogP contribution in [0.25, 0.3) is 45.2 Å². The minimum absolute atomic E-state index is 0.00966. The number of fused-ring (bicyclic) bond motifs is 7. The molecule has 0 bridgehead atoms. The molecule has 2 aliphatic rings. The van der Waals surface area contributed by atoms with Crippen molar-refractivity contribution in [3.63, 3.8) is 0 Å². The zero-order valence-corrected chi connectivity index (χ0v) is 31.8. The van der Waals surface area contributed by atoms with E-state index in [1.807, 2.05) is 30.3 Å². The Morgan fingerprint density at radius 2 is 1.12 bits per heavy atom. The molecule has 5 heteroatoms. The van der Waals surface area contributed by atoms with E-state index in [-0.39, 0.29) is 10.8 Å². The predicted octanol–water partition coefficient (Wildman–Crippen LogP) is 12.8. The van der Waals surface area contributed by atoms with Crippen LogP contribution >= 0.6 is 15.5 Å². The number of benzene rings is 6. The Bertz CT molecular complexity index is 2440. The highest BCUT2D eigenvalue weighted by Crippen LogP contribution is 2.57. The number of hydrogen-bond acceptors (Lipinski definition) is 3. The largest absolute Gasteiger partial charge is 0.464 e. The Kier molecular flexibility index (Phi) is 8.22. The van der Waals surface area contributed by atoms with E-state index in [1.165, 1.54) is 22.0 Å². The second-order valence-electron chi connectivity index (χ2n) is 15.5. The molecule has 0 saturated carbocycles. The summed E-state index contributed by atoms with van der Waals surface area (Å²) in [4.78, 5) is 0. The van der Waals surface area contributed by atoms with E-state index >= 15 is 0 Å². The lowest BCUT2D eigenvalue weighted by Gasteiger charge is -2.29. The fourth-order valence-corrected chi connectivity index (χ4v) is 10.6. The first-order valence-electron chi connectivity index (χ1n) is 17.5. The molecule has 0 spiro atoms. The van der Waals surface area contributed by atoms with Gasteiger partial charge in [-0.15, -0.1) is 0 Å². The number of rotatable bonds is 4. The van der Waals surface area contributed by atoms with E-state index in [9.17, 15) is 4.57 Å². The Labute approximate surface area is 303 Å². The molecule has 0 saturated heterocycles. The zero-order valence-electron chi connectivity index (χ0n) is 30.0. The molecule has 8 rings (SSSR count). The van der Waals surface area contributed by atoms with Gasteiger partial charge in [-0.25, -0.2) is 0 Å². The average Bonchev–Trinajstić information content (AvgIpc) is 3.12. The molecule has 51 heavy (non-hydrogen) atoms. The van der Waals surface area contributed by atoms with Crippen molar-refractivity contribution in [2.45, 2.75) is 52.4 Å². The molecule has 0 radical (unpaired) electrons. The van der Waals surface area contributed by atoms with Crippen LogP contribution in [-0.4, -0.2) is 0 Å². The van der Waals surface area contributed by atoms with Crippen molar-refractivity contribution in [2.75, 3.05) is 0 Å². The average molecular weight is 705 g/mol. The monoisotopic (exact) mass is 704 g/mol.